The number of hydrogen-bond acceptors (Lipinski definition) is 1. The summed E-state index contributed by atoms with van der Waals surface area (Å²) in [6.45, 7) is 4.81. The van der Waals surface area contributed by atoms with Crippen LogP contribution in [-0.4, -0.2) is 6.54 Å². The maximum atomic E-state index is 13.6. The first-order chi connectivity index (χ1) is 9.58. The maximum Gasteiger partial charge on any atom is 0.123 e. The molecule has 106 valence electrons. The van der Waals surface area contributed by atoms with Crippen LogP contribution in [0.15, 0.2) is 42.5 Å². The molecular formula is C17H19ClFN. The second kappa shape index (κ2) is 6.87. The maximum absolute atomic E-state index is 13.6. The van der Waals surface area contributed by atoms with Gasteiger partial charge in [-0.15, -0.1) is 0 Å². The minimum absolute atomic E-state index is 0.107. The van der Waals surface area contributed by atoms with Gasteiger partial charge < -0.3 is 5.32 Å². The van der Waals surface area contributed by atoms with E-state index in [1.54, 1.807) is 12.1 Å². The lowest BCUT2D eigenvalue weighted by Crippen LogP contribution is -2.23. The fourth-order valence-corrected chi connectivity index (χ4v) is 2.50. The standard InChI is InChI=1S/C17H19ClFN/c1-3-20-17(10-13-4-6-15(18)7-5-13)14-8-12(2)9-16(19)11-14/h4-9,11,17,20H,3,10H2,1-2H3. The lowest BCUT2D eigenvalue weighted by atomic mass is 9.97. The topological polar surface area (TPSA) is 12.0 Å². The lowest BCUT2D eigenvalue weighted by Gasteiger charge is -2.19. The number of benzene rings is 2. The second-order valence-corrected chi connectivity index (χ2v) is 5.44. The van der Waals surface area contributed by atoms with Gasteiger partial charge in [-0.2, -0.15) is 0 Å². The highest BCUT2D eigenvalue weighted by Crippen LogP contribution is 2.22. The Morgan fingerprint density at radius 2 is 1.85 bits per heavy atom. The Hall–Kier alpha value is -1.38. The predicted molar refractivity (Wildman–Crippen MR) is 82.7 cm³/mol. The van der Waals surface area contributed by atoms with Crippen LogP contribution in [0.3, 0.4) is 0 Å². The molecule has 2 rings (SSSR count). The molecule has 0 aromatic heterocycles. The molecule has 0 saturated heterocycles. The highest BCUT2D eigenvalue weighted by atomic mass is 35.5. The van der Waals surface area contributed by atoms with Crippen molar-refractivity contribution in [2.45, 2.75) is 26.3 Å². The van der Waals surface area contributed by atoms with Crippen molar-refractivity contribution in [3.8, 4) is 0 Å². The Morgan fingerprint density at radius 3 is 2.45 bits per heavy atom. The van der Waals surface area contributed by atoms with Crippen LogP contribution in [0.25, 0.3) is 0 Å². The lowest BCUT2D eigenvalue weighted by molar-refractivity contribution is 0.542. The Bertz CT molecular complexity index is 545. The molecule has 0 radical (unpaired) electrons. The third-order valence-corrected chi connectivity index (χ3v) is 3.52. The quantitative estimate of drug-likeness (QED) is 0.843. The van der Waals surface area contributed by atoms with Gasteiger partial charge in [0.15, 0.2) is 0 Å². The fraction of sp³-hybridized carbons (Fsp3) is 0.294. The summed E-state index contributed by atoms with van der Waals surface area (Å²) in [6.07, 6.45) is 0.813. The summed E-state index contributed by atoms with van der Waals surface area (Å²) in [7, 11) is 0. The molecule has 1 unspecified atom stereocenters. The third kappa shape index (κ3) is 4.06. The average molecular weight is 292 g/mol. The summed E-state index contributed by atoms with van der Waals surface area (Å²) in [5, 5.41) is 4.15. The molecule has 0 aliphatic heterocycles. The zero-order chi connectivity index (χ0) is 14.5. The highest BCUT2D eigenvalue weighted by molar-refractivity contribution is 6.30. The van der Waals surface area contributed by atoms with Crippen molar-refractivity contribution < 1.29 is 4.39 Å². The molecule has 3 heteroatoms. The van der Waals surface area contributed by atoms with Gasteiger partial charge >= 0.3 is 0 Å². The number of likely N-dealkylation sites (N-methyl/N-ethyl adjacent to an activating group) is 1. The van der Waals surface area contributed by atoms with E-state index >= 15 is 0 Å². The average Bonchev–Trinajstić information content (AvgIpc) is 2.39. The molecule has 20 heavy (non-hydrogen) atoms. The van der Waals surface area contributed by atoms with Crippen LogP contribution < -0.4 is 5.32 Å². The van der Waals surface area contributed by atoms with Crippen LogP contribution in [0.5, 0.6) is 0 Å². The minimum atomic E-state index is -0.181. The molecule has 1 atom stereocenters. The van der Waals surface area contributed by atoms with Gasteiger partial charge in [0.05, 0.1) is 0 Å². The van der Waals surface area contributed by atoms with E-state index in [1.807, 2.05) is 37.3 Å². The van der Waals surface area contributed by atoms with E-state index in [0.29, 0.717) is 0 Å². The molecule has 0 heterocycles. The van der Waals surface area contributed by atoms with Gasteiger partial charge in [0.25, 0.3) is 0 Å². The van der Waals surface area contributed by atoms with Gasteiger partial charge in [0.2, 0.25) is 0 Å². The molecule has 0 aliphatic rings. The summed E-state index contributed by atoms with van der Waals surface area (Å²) in [4.78, 5) is 0. The van der Waals surface area contributed by atoms with Crippen LogP contribution in [0.2, 0.25) is 5.02 Å². The van der Waals surface area contributed by atoms with Crippen molar-refractivity contribution in [1.29, 1.82) is 0 Å². The van der Waals surface area contributed by atoms with Crippen LogP contribution in [-0.2, 0) is 6.42 Å². The largest absolute Gasteiger partial charge is 0.310 e. The summed E-state index contributed by atoms with van der Waals surface area (Å²) >= 11 is 5.90. The highest BCUT2D eigenvalue weighted by Gasteiger charge is 2.12. The Morgan fingerprint density at radius 1 is 1.15 bits per heavy atom. The summed E-state index contributed by atoms with van der Waals surface area (Å²) < 4.78 is 13.6. The van der Waals surface area contributed by atoms with Crippen LogP contribution >= 0.6 is 11.6 Å². The van der Waals surface area contributed by atoms with E-state index in [-0.39, 0.29) is 11.9 Å². The Balaban J connectivity index is 2.23. The van der Waals surface area contributed by atoms with Crippen LogP contribution in [0.4, 0.5) is 4.39 Å². The molecular weight excluding hydrogens is 273 g/mol. The molecule has 2 aromatic rings. The van der Waals surface area contributed by atoms with Crippen molar-refractivity contribution in [3.05, 3.63) is 70.0 Å². The van der Waals surface area contributed by atoms with Crippen molar-refractivity contribution in [1.82, 2.24) is 5.32 Å². The molecule has 1 N–H and O–H groups in total. The van der Waals surface area contributed by atoms with Crippen molar-refractivity contribution in [2.75, 3.05) is 6.54 Å². The van der Waals surface area contributed by atoms with Crippen molar-refractivity contribution in [3.63, 3.8) is 0 Å². The second-order valence-electron chi connectivity index (χ2n) is 5.00. The fourth-order valence-electron chi connectivity index (χ4n) is 2.38. The number of rotatable bonds is 5. The first kappa shape index (κ1) is 15.0. The van der Waals surface area contributed by atoms with Crippen molar-refractivity contribution >= 4 is 11.6 Å². The summed E-state index contributed by atoms with van der Waals surface area (Å²) in [5.74, 6) is -0.181. The van der Waals surface area contributed by atoms with Gasteiger partial charge in [-0.1, -0.05) is 36.7 Å². The molecule has 0 saturated carbocycles. The van der Waals surface area contributed by atoms with E-state index < -0.39 is 0 Å². The normalized spacial score (nSPS) is 12.4. The molecule has 0 spiro atoms. The van der Waals surface area contributed by atoms with E-state index in [9.17, 15) is 4.39 Å². The molecule has 2 aromatic carbocycles. The first-order valence-electron chi connectivity index (χ1n) is 6.83. The number of nitrogens with one attached hydrogen (secondary N) is 1. The Labute approximate surface area is 124 Å². The van der Waals surface area contributed by atoms with Gasteiger partial charge in [0.1, 0.15) is 5.82 Å². The predicted octanol–water partition coefficient (Wildman–Crippen LogP) is 4.68. The van der Waals surface area contributed by atoms with Gasteiger partial charge in [-0.25, -0.2) is 4.39 Å². The van der Waals surface area contributed by atoms with Gasteiger partial charge in [-0.3, -0.25) is 0 Å². The summed E-state index contributed by atoms with van der Waals surface area (Å²) in [5.41, 5.74) is 3.11. The smallest absolute Gasteiger partial charge is 0.123 e. The number of halogens is 2. The molecule has 0 bridgehead atoms. The monoisotopic (exact) mass is 291 g/mol. The molecule has 1 nitrogen and oxygen atoms in total. The van der Waals surface area contributed by atoms with Gasteiger partial charge in [0, 0.05) is 11.1 Å². The Kier molecular flexibility index (Phi) is 5.16. The van der Waals surface area contributed by atoms with Gasteiger partial charge in [-0.05, 0) is 60.8 Å². The van der Waals surface area contributed by atoms with Crippen LogP contribution in [0, 0.1) is 12.7 Å². The summed E-state index contributed by atoms with van der Waals surface area (Å²) in [6, 6.07) is 13.1. The number of aryl methyl sites for hydroxylation is 1. The number of hydrogen-bond donors (Lipinski definition) is 1. The zero-order valence-corrected chi connectivity index (χ0v) is 12.5. The van der Waals surface area contributed by atoms with E-state index in [0.717, 1.165) is 29.1 Å². The minimum Gasteiger partial charge on any atom is -0.310 e. The SMILES string of the molecule is CCNC(Cc1ccc(Cl)cc1)c1cc(C)cc(F)c1. The van der Waals surface area contributed by atoms with Crippen LogP contribution in [0.1, 0.15) is 29.7 Å². The molecule has 0 fully saturated rings. The molecule has 0 amide bonds. The van der Waals surface area contributed by atoms with Crippen molar-refractivity contribution in [2.24, 2.45) is 0 Å². The first-order valence-corrected chi connectivity index (χ1v) is 7.21. The van der Waals surface area contributed by atoms with E-state index in [4.69, 9.17) is 11.6 Å². The zero-order valence-electron chi connectivity index (χ0n) is 11.8. The van der Waals surface area contributed by atoms with E-state index in [2.05, 4.69) is 12.2 Å². The molecule has 0 aliphatic carbocycles. The third-order valence-electron chi connectivity index (χ3n) is 3.27. The van der Waals surface area contributed by atoms with E-state index in [1.165, 1.54) is 5.56 Å².